The van der Waals surface area contributed by atoms with Crippen molar-refractivity contribution >= 4 is 11.3 Å². The van der Waals surface area contributed by atoms with E-state index in [4.69, 9.17) is 10.5 Å². The number of hydrogen-bond donors (Lipinski definition) is 1. The monoisotopic (exact) mass is 248 g/mol. The second-order valence-electron chi connectivity index (χ2n) is 4.00. The largest absolute Gasteiger partial charge is 0.497 e. The van der Waals surface area contributed by atoms with Crippen molar-refractivity contribution in [2.75, 3.05) is 7.11 Å². The molecule has 0 fully saturated rings. The first-order valence-corrected chi connectivity index (χ1v) is 6.48. The molecule has 0 saturated heterocycles. The van der Waals surface area contributed by atoms with Gasteiger partial charge in [0, 0.05) is 17.8 Å². The number of ether oxygens (including phenoxy) is 1. The summed E-state index contributed by atoms with van der Waals surface area (Å²) in [5, 5.41) is 2.05. The second-order valence-corrected chi connectivity index (χ2v) is 4.72. The third-order valence-electron chi connectivity index (χ3n) is 2.59. The van der Waals surface area contributed by atoms with E-state index in [0.29, 0.717) is 0 Å². The number of nitrogens with two attached hydrogens (primary N) is 1. The van der Waals surface area contributed by atoms with Crippen LogP contribution in [0.4, 0.5) is 0 Å². The van der Waals surface area contributed by atoms with E-state index in [1.54, 1.807) is 18.4 Å². The SMILES string of the molecule is COc1cccc(CC(N)Cc2cscn2)c1. The Bertz CT molecular complexity index is 456. The zero-order chi connectivity index (χ0) is 12.1. The molecule has 1 heterocycles. The van der Waals surface area contributed by atoms with Gasteiger partial charge in [-0.3, -0.25) is 0 Å². The fourth-order valence-electron chi connectivity index (χ4n) is 1.78. The molecule has 1 aromatic heterocycles. The molecule has 2 N–H and O–H groups in total. The molecule has 0 radical (unpaired) electrons. The summed E-state index contributed by atoms with van der Waals surface area (Å²) >= 11 is 1.61. The van der Waals surface area contributed by atoms with Gasteiger partial charge in [-0.15, -0.1) is 11.3 Å². The van der Waals surface area contributed by atoms with Crippen LogP contribution in [0.1, 0.15) is 11.3 Å². The number of nitrogens with zero attached hydrogens (tertiary/aromatic N) is 1. The van der Waals surface area contributed by atoms with E-state index >= 15 is 0 Å². The number of thiazole rings is 1. The molecule has 2 rings (SSSR count). The van der Waals surface area contributed by atoms with Crippen LogP contribution in [-0.2, 0) is 12.8 Å². The summed E-state index contributed by atoms with van der Waals surface area (Å²) in [5.74, 6) is 0.878. The van der Waals surface area contributed by atoms with Crippen LogP contribution in [0.25, 0.3) is 0 Å². The third kappa shape index (κ3) is 3.54. The maximum atomic E-state index is 6.11. The van der Waals surface area contributed by atoms with Crippen LogP contribution in [0.2, 0.25) is 0 Å². The van der Waals surface area contributed by atoms with E-state index in [1.165, 1.54) is 5.56 Å². The van der Waals surface area contributed by atoms with Crippen molar-refractivity contribution in [3.8, 4) is 5.75 Å². The van der Waals surface area contributed by atoms with Gasteiger partial charge in [-0.05, 0) is 24.1 Å². The summed E-state index contributed by atoms with van der Waals surface area (Å²) in [6.45, 7) is 0. The minimum Gasteiger partial charge on any atom is -0.497 e. The molecule has 0 spiro atoms. The molecule has 0 bridgehead atoms. The fourth-order valence-corrected chi connectivity index (χ4v) is 2.35. The molecule has 4 heteroatoms. The molecule has 1 unspecified atom stereocenters. The average Bonchev–Trinajstić information content (AvgIpc) is 2.82. The first-order chi connectivity index (χ1) is 8.28. The van der Waals surface area contributed by atoms with Crippen LogP contribution >= 0.6 is 11.3 Å². The first kappa shape index (κ1) is 12.1. The van der Waals surface area contributed by atoms with E-state index in [-0.39, 0.29) is 6.04 Å². The number of methoxy groups -OCH3 is 1. The summed E-state index contributed by atoms with van der Waals surface area (Å²) < 4.78 is 5.19. The van der Waals surface area contributed by atoms with E-state index in [2.05, 4.69) is 11.1 Å². The summed E-state index contributed by atoms with van der Waals surface area (Å²) in [4.78, 5) is 4.25. The Morgan fingerprint density at radius 3 is 3.00 bits per heavy atom. The quantitative estimate of drug-likeness (QED) is 0.883. The molecular formula is C13H16N2OS. The van der Waals surface area contributed by atoms with Gasteiger partial charge >= 0.3 is 0 Å². The van der Waals surface area contributed by atoms with Crippen LogP contribution in [0.15, 0.2) is 35.2 Å². The van der Waals surface area contributed by atoms with E-state index < -0.39 is 0 Å². The lowest BCUT2D eigenvalue weighted by molar-refractivity contribution is 0.414. The van der Waals surface area contributed by atoms with Gasteiger partial charge < -0.3 is 10.5 Å². The molecule has 0 aliphatic carbocycles. The van der Waals surface area contributed by atoms with E-state index in [0.717, 1.165) is 24.3 Å². The average molecular weight is 248 g/mol. The number of benzene rings is 1. The highest BCUT2D eigenvalue weighted by molar-refractivity contribution is 7.07. The molecule has 0 aliphatic rings. The van der Waals surface area contributed by atoms with Gasteiger partial charge in [-0.25, -0.2) is 4.98 Å². The number of hydrogen-bond acceptors (Lipinski definition) is 4. The molecule has 1 aromatic carbocycles. The van der Waals surface area contributed by atoms with Crippen LogP contribution in [0, 0.1) is 0 Å². The fraction of sp³-hybridized carbons (Fsp3) is 0.308. The van der Waals surface area contributed by atoms with Crippen LogP contribution in [-0.4, -0.2) is 18.1 Å². The van der Waals surface area contributed by atoms with Crippen LogP contribution in [0.3, 0.4) is 0 Å². The topological polar surface area (TPSA) is 48.1 Å². The Morgan fingerprint density at radius 2 is 2.29 bits per heavy atom. The predicted octanol–water partition coefficient (Wildman–Crippen LogP) is 2.26. The predicted molar refractivity (Wildman–Crippen MR) is 70.5 cm³/mol. The standard InChI is InChI=1S/C13H16N2OS/c1-16-13-4-2-3-10(6-13)5-11(14)7-12-8-17-9-15-12/h2-4,6,8-9,11H,5,7,14H2,1H3. The van der Waals surface area contributed by atoms with Gasteiger partial charge in [-0.1, -0.05) is 12.1 Å². The van der Waals surface area contributed by atoms with Crippen molar-refractivity contribution in [2.45, 2.75) is 18.9 Å². The number of aromatic nitrogens is 1. The molecule has 1 atom stereocenters. The van der Waals surface area contributed by atoms with Crippen molar-refractivity contribution in [2.24, 2.45) is 5.73 Å². The van der Waals surface area contributed by atoms with E-state index in [1.807, 2.05) is 29.1 Å². The van der Waals surface area contributed by atoms with Crippen molar-refractivity contribution < 1.29 is 4.74 Å². The minimum absolute atomic E-state index is 0.101. The molecular weight excluding hydrogens is 232 g/mol. The van der Waals surface area contributed by atoms with Gasteiger partial charge in [-0.2, -0.15) is 0 Å². The van der Waals surface area contributed by atoms with Gasteiger partial charge in [0.25, 0.3) is 0 Å². The lowest BCUT2D eigenvalue weighted by atomic mass is 10.0. The van der Waals surface area contributed by atoms with Crippen molar-refractivity contribution in [1.29, 1.82) is 0 Å². The highest BCUT2D eigenvalue weighted by Gasteiger charge is 2.07. The van der Waals surface area contributed by atoms with Gasteiger partial charge in [0.1, 0.15) is 5.75 Å². The summed E-state index contributed by atoms with van der Waals surface area (Å²) in [7, 11) is 1.67. The van der Waals surface area contributed by atoms with Gasteiger partial charge in [0.05, 0.1) is 18.3 Å². The van der Waals surface area contributed by atoms with E-state index in [9.17, 15) is 0 Å². The Labute approximate surface area is 105 Å². The Balaban J connectivity index is 1.95. The Hall–Kier alpha value is -1.39. The van der Waals surface area contributed by atoms with Crippen molar-refractivity contribution in [1.82, 2.24) is 4.98 Å². The zero-order valence-electron chi connectivity index (χ0n) is 9.80. The second kappa shape index (κ2) is 5.80. The number of rotatable bonds is 5. The molecule has 0 amide bonds. The molecule has 3 nitrogen and oxygen atoms in total. The minimum atomic E-state index is 0.101. The van der Waals surface area contributed by atoms with Gasteiger partial charge in [0.2, 0.25) is 0 Å². The summed E-state index contributed by atoms with van der Waals surface area (Å²) in [6.07, 6.45) is 1.66. The van der Waals surface area contributed by atoms with Crippen LogP contribution < -0.4 is 10.5 Å². The Morgan fingerprint density at radius 1 is 1.41 bits per heavy atom. The van der Waals surface area contributed by atoms with Gasteiger partial charge in [0.15, 0.2) is 0 Å². The zero-order valence-corrected chi connectivity index (χ0v) is 10.6. The van der Waals surface area contributed by atoms with Crippen molar-refractivity contribution in [3.63, 3.8) is 0 Å². The molecule has 17 heavy (non-hydrogen) atoms. The maximum Gasteiger partial charge on any atom is 0.119 e. The normalized spacial score (nSPS) is 12.4. The summed E-state index contributed by atoms with van der Waals surface area (Å²) in [6, 6.07) is 8.13. The highest BCUT2D eigenvalue weighted by atomic mass is 32.1. The Kier molecular flexibility index (Phi) is 4.12. The smallest absolute Gasteiger partial charge is 0.119 e. The lowest BCUT2D eigenvalue weighted by Gasteiger charge is -2.10. The molecule has 0 aliphatic heterocycles. The lowest BCUT2D eigenvalue weighted by Crippen LogP contribution is -2.25. The third-order valence-corrected chi connectivity index (χ3v) is 3.22. The molecule has 2 aromatic rings. The van der Waals surface area contributed by atoms with Crippen molar-refractivity contribution in [3.05, 3.63) is 46.4 Å². The summed E-state index contributed by atoms with van der Waals surface area (Å²) in [5.41, 5.74) is 10.2. The van der Waals surface area contributed by atoms with Crippen LogP contribution in [0.5, 0.6) is 5.75 Å². The maximum absolute atomic E-state index is 6.11. The molecule has 0 saturated carbocycles. The highest BCUT2D eigenvalue weighted by Crippen LogP contribution is 2.14. The molecule has 90 valence electrons. The first-order valence-electron chi connectivity index (χ1n) is 5.53.